The molecule has 0 radical (unpaired) electrons. The summed E-state index contributed by atoms with van der Waals surface area (Å²) in [5.74, 6) is -1.29. The van der Waals surface area contributed by atoms with Gasteiger partial charge in [-0.25, -0.2) is 0 Å². The second kappa shape index (κ2) is 4.64. The van der Waals surface area contributed by atoms with Crippen molar-refractivity contribution < 1.29 is 22.3 Å². The first-order valence-corrected chi connectivity index (χ1v) is 8.55. The average molecular weight is 383 g/mol. The molecule has 0 aromatic carbocycles. The van der Waals surface area contributed by atoms with Crippen LogP contribution in [0.3, 0.4) is 0 Å². The molecule has 138 valence electrons. The fourth-order valence-corrected chi connectivity index (χ4v) is 4.18. The lowest BCUT2D eigenvalue weighted by molar-refractivity contribution is -0.991. The number of rotatable bonds is 0. The second-order valence-electron chi connectivity index (χ2n) is 6.80. The van der Waals surface area contributed by atoms with Crippen molar-refractivity contribution in [2.75, 3.05) is 0 Å². The zero-order valence-electron chi connectivity index (χ0n) is 14.5. The molecule has 7 nitrogen and oxygen atoms in total. The van der Waals surface area contributed by atoms with Gasteiger partial charge in [0.1, 0.15) is 17.6 Å². The molecule has 0 saturated carbocycles. The van der Waals surface area contributed by atoms with Crippen LogP contribution in [0.25, 0.3) is 22.8 Å². The Morgan fingerprint density at radius 2 is 1.71 bits per heavy atom. The third kappa shape index (κ3) is 1.59. The first kappa shape index (κ1) is 15.5. The van der Waals surface area contributed by atoms with Gasteiger partial charge in [-0.2, -0.15) is 23.4 Å². The fourth-order valence-electron chi connectivity index (χ4n) is 4.18. The zero-order chi connectivity index (χ0) is 19.3. The Hall–Kier alpha value is -3.56. The summed E-state index contributed by atoms with van der Waals surface area (Å²) in [5, 5.41) is 8.60. The minimum atomic E-state index is -4.55. The summed E-state index contributed by atoms with van der Waals surface area (Å²) in [6.07, 6.45) is 0.401. The van der Waals surface area contributed by atoms with Crippen LogP contribution in [0.5, 0.6) is 0 Å². The molecule has 4 aromatic heterocycles. The standard InChI is InChI=1S/C18H12F3N7/c1-11-8-14-12-4-2-3-7-25(12)18(27(14)23-11)26-10-22-6-5-13(26)15-9-16(17(19,20)21)24-28(15)18/h2-10H,1H3/q+2. The van der Waals surface area contributed by atoms with Crippen LogP contribution in [-0.2, 0) is 12.1 Å². The van der Waals surface area contributed by atoms with Gasteiger partial charge in [0, 0.05) is 24.3 Å². The van der Waals surface area contributed by atoms with Crippen molar-refractivity contribution in [1.82, 2.24) is 24.5 Å². The van der Waals surface area contributed by atoms with E-state index in [9.17, 15) is 13.2 Å². The van der Waals surface area contributed by atoms with Crippen LogP contribution in [0, 0.1) is 6.92 Å². The molecule has 6 heterocycles. The number of hydrogen-bond donors (Lipinski definition) is 0. The summed E-state index contributed by atoms with van der Waals surface area (Å²) in [6, 6.07) is 10.3. The average Bonchev–Trinajstić information content (AvgIpc) is 3.37. The van der Waals surface area contributed by atoms with Crippen LogP contribution in [-0.4, -0.2) is 24.5 Å². The monoisotopic (exact) mass is 383 g/mol. The summed E-state index contributed by atoms with van der Waals surface area (Å²) < 4.78 is 47.1. The van der Waals surface area contributed by atoms with Gasteiger partial charge >= 0.3 is 12.1 Å². The molecule has 1 unspecified atom stereocenters. The van der Waals surface area contributed by atoms with Crippen LogP contribution < -0.4 is 9.13 Å². The Morgan fingerprint density at radius 1 is 0.964 bits per heavy atom. The van der Waals surface area contributed by atoms with Gasteiger partial charge in [0.2, 0.25) is 5.69 Å². The van der Waals surface area contributed by atoms with Crippen LogP contribution in [0.4, 0.5) is 13.2 Å². The molecule has 2 aliphatic rings. The number of hydrogen-bond acceptors (Lipinski definition) is 3. The lowest BCUT2D eigenvalue weighted by Gasteiger charge is -2.18. The number of nitrogens with zero attached hydrogens (tertiary/aromatic N) is 7. The number of fused-ring (bicyclic) bond motifs is 10. The molecule has 10 heteroatoms. The van der Waals surface area contributed by atoms with Gasteiger partial charge in [-0.3, -0.25) is 0 Å². The van der Waals surface area contributed by atoms with Crippen molar-refractivity contribution in [3.8, 4) is 22.8 Å². The van der Waals surface area contributed by atoms with Crippen molar-refractivity contribution in [2.24, 2.45) is 0 Å². The first-order valence-electron chi connectivity index (χ1n) is 8.55. The highest BCUT2D eigenvalue weighted by atomic mass is 19.4. The number of halogens is 3. The van der Waals surface area contributed by atoms with Crippen molar-refractivity contribution in [1.29, 1.82) is 0 Å². The Morgan fingerprint density at radius 3 is 2.54 bits per heavy atom. The van der Waals surface area contributed by atoms with Crippen LogP contribution in [0.15, 0.2) is 55.1 Å². The normalized spacial score (nSPS) is 18.9. The highest BCUT2D eigenvalue weighted by Gasteiger charge is 2.66. The van der Waals surface area contributed by atoms with E-state index < -0.39 is 17.8 Å². The van der Waals surface area contributed by atoms with Crippen molar-refractivity contribution in [3.63, 3.8) is 0 Å². The Bertz CT molecular complexity index is 1290. The molecule has 1 atom stereocenters. The van der Waals surface area contributed by atoms with E-state index in [-0.39, 0.29) is 0 Å². The minimum Gasteiger partial charge on any atom is -0.166 e. The van der Waals surface area contributed by atoms with Gasteiger partial charge in [-0.1, -0.05) is 4.98 Å². The molecule has 1 spiro atoms. The predicted octanol–water partition coefficient (Wildman–Crippen LogP) is 1.55. The maximum absolute atomic E-state index is 13.5. The van der Waals surface area contributed by atoms with E-state index >= 15 is 0 Å². The van der Waals surface area contributed by atoms with E-state index in [1.54, 1.807) is 27.8 Å². The van der Waals surface area contributed by atoms with Gasteiger partial charge in [0.15, 0.2) is 17.6 Å². The summed E-state index contributed by atoms with van der Waals surface area (Å²) >= 11 is 0. The minimum absolute atomic E-state index is 0.345. The van der Waals surface area contributed by atoms with E-state index in [1.807, 2.05) is 42.0 Å². The van der Waals surface area contributed by atoms with Gasteiger partial charge in [-0.15, -0.1) is 18.5 Å². The number of alkyl halides is 3. The van der Waals surface area contributed by atoms with E-state index in [2.05, 4.69) is 15.2 Å². The largest absolute Gasteiger partial charge is 0.525 e. The molecule has 28 heavy (non-hydrogen) atoms. The maximum atomic E-state index is 13.5. The number of aryl methyl sites for hydroxylation is 1. The molecule has 0 aliphatic carbocycles. The van der Waals surface area contributed by atoms with Gasteiger partial charge in [0.25, 0.3) is 6.33 Å². The smallest absolute Gasteiger partial charge is 0.166 e. The van der Waals surface area contributed by atoms with E-state index in [1.165, 1.54) is 4.68 Å². The predicted molar refractivity (Wildman–Crippen MR) is 87.4 cm³/mol. The van der Waals surface area contributed by atoms with Gasteiger partial charge < -0.3 is 0 Å². The molecule has 6 rings (SSSR count). The highest BCUT2D eigenvalue weighted by molar-refractivity contribution is 5.57. The van der Waals surface area contributed by atoms with Crippen LogP contribution >= 0.6 is 0 Å². The SMILES string of the molecule is Cc1cc2n(n1)C1(n3nc(C(F)(F)F)cc3-c3ccnc[n+]31)[n+]1ccccc1-2. The zero-order valence-corrected chi connectivity index (χ0v) is 14.5. The summed E-state index contributed by atoms with van der Waals surface area (Å²) in [7, 11) is 0. The molecular formula is C18H12F3N7+2. The maximum Gasteiger partial charge on any atom is 0.525 e. The summed E-state index contributed by atoms with van der Waals surface area (Å²) in [4.78, 5) is 4.21. The Kier molecular flexibility index (Phi) is 2.57. The molecule has 2 aliphatic heterocycles. The van der Waals surface area contributed by atoms with Gasteiger partial charge in [-0.05, 0) is 19.1 Å². The van der Waals surface area contributed by atoms with E-state index in [4.69, 9.17) is 0 Å². The van der Waals surface area contributed by atoms with E-state index in [0.29, 0.717) is 11.4 Å². The quantitative estimate of drug-likeness (QED) is 0.374. The molecule has 0 amide bonds. The molecule has 0 bridgehead atoms. The molecule has 0 N–H and O–H groups in total. The third-order valence-corrected chi connectivity index (χ3v) is 5.19. The number of pyridine rings is 1. The molecular weight excluding hydrogens is 371 g/mol. The Balaban J connectivity index is 1.81. The first-order chi connectivity index (χ1) is 13.4. The number of aromatic nitrogens is 7. The fraction of sp³-hybridized carbons (Fsp3) is 0.167. The summed E-state index contributed by atoms with van der Waals surface area (Å²) in [6.45, 7) is 1.85. The van der Waals surface area contributed by atoms with Crippen molar-refractivity contribution in [3.05, 3.63) is 66.5 Å². The lowest BCUT2D eigenvalue weighted by Crippen LogP contribution is -2.77. The molecule has 0 saturated heterocycles. The Labute approximate surface area is 155 Å². The highest BCUT2D eigenvalue weighted by Crippen LogP contribution is 2.39. The lowest BCUT2D eigenvalue weighted by atomic mass is 10.2. The third-order valence-electron chi connectivity index (χ3n) is 5.19. The van der Waals surface area contributed by atoms with Crippen molar-refractivity contribution in [2.45, 2.75) is 19.0 Å². The molecule has 4 aromatic rings. The van der Waals surface area contributed by atoms with Gasteiger partial charge in [0.05, 0.1) is 5.69 Å². The summed E-state index contributed by atoms with van der Waals surface area (Å²) in [5.41, 5.74) is 2.34. The second-order valence-corrected chi connectivity index (χ2v) is 6.80. The van der Waals surface area contributed by atoms with Crippen LogP contribution in [0.1, 0.15) is 11.4 Å². The topological polar surface area (TPSA) is 56.3 Å². The van der Waals surface area contributed by atoms with Crippen molar-refractivity contribution >= 4 is 0 Å². The van der Waals surface area contributed by atoms with Crippen LogP contribution in [0.2, 0.25) is 0 Å². The molecule has 0 fully saturated rings. The van der Waals surface area contributed by atoms with E-state index in [0.717, 1.165) is 23.1 Å².